The summed E-state index contributed by atoms with van der Waals surface area (Å²) in [5.74, 6) is 0. The maximum absolute atomic E-state index is 4.16. The van der Waals surface area contributed by atoms with Gasteiger partial charge in [0.1, 0.15) is 11.8 Å². The molecule has 0 bridgehead atoms. The van der Waals surface area contributed by atoms with E-state index in [2.05, 4.69) is 20.9 Å². The van der Waals surface area contributed by atoms with Crippen LogP contribution in [0.2, 0.25) is 0 Å². The van der Waals surface area contributed by atoms with Crippen molar-refractivity contribution in [3.05, 3.63) is 24.7 Å². The van der Waals surface area contributed by atoms with Gasteiger partial charge in [-0.05, 0) is 12.1 Å². The third-order valence-electron chi connectivity index (χ3n) is 1.54. The van der Waals surface area contributed by atoms with Crippen LogP contribution in [0.5, 0.6) is 0 Å². The molecule has 0 aliphatic rings. The van der Waals surface area contributed by atoms with Crippen molar-refractivity contribution in [2.24, 2.45) is 0 Å². The van der Waals surface area contributed by atoms with Gasteiger partial charge >= 0.3 is 0 Å². The quantitative estimate of drug-likeness (QED) is 0.617. The van der Waals surface area contributed by atoms with Gasteiger partial charge in [-0.1, -0.05) is 0 Å². The van der Waals surface area contributed by atoms with Gasteiger partial charge in [0.25, 0.3) is 0 Å². The second-order valence-corrected chi connectivity index (χ2v) is 2.32. The second-order valence-electron chi connectivity index (χ2n) is 2.32. The molecule has 2 N–H and O–H groups in total. The minimum absolute atomic E-state index is 0.812. The highest BCUT2D eigenvalue weighted by molar-refractivity contribution is 5.70. The van der Waals surface area contributed by atoms with Crippen molar-refractivity contribution in [1.82, 2.24) is 20.1 Å². The standard InChI is InChI=1S/C7H9N5/c1-8-11-12-5-10-6-3-2-4-9-7(6)12/h2-5,8,11H,1H3. The van der Waals surface area contributed by atoms with Gasteiger partial charge < -0.3 is 0 Å². The molecule has 0 aliphatic heterocycles. The monoisotopic (exact) mass is 163 g/mol. The minimum Gasteiger partial charge on any atom is -0.257 e. The highest BCUT2D eigenvalue weighted by Gasteiger charge is 1.99. The lowest BCUT2D eigenvalue weighted by atomic mass is 10.4. The van der Waals surface area contributed by atoms with Crippen LogP contribution in [0.15, 0.2) is 24.7 Å². The highest BCUT2D eigenvalue weighted by Crippen LogP contribution is 2.05. The molecule has 5 heteroatoms. The zero-order valence-corrected chi connectivity index (χ0v) is 6.65. The summed E-state index contributed by atoms with van der Waals surface area (Å²) in [6, 6.07) is 3.77. The van der Waals surface area contributed by atoms with E-state index in [9.17, 15) is 0 Å². The van der Waals surface area contributed by atoms with Gasteiger partial charge in [0.15, 0.2) is 5.65 Å². The number of hydrazine groups is 1. The van der Waals surface area contributed by atoms with Gasteiger partial charge in [-0.2, -0.15) is 0 Å². The molecule has 0 spiro atoms. The Morgan fingerprint density at radius 2 is 2.33 bits per heavy atom. The molecule has 2 heterocycles. The molecule has 0 saturated heterocycles. The van der Waals surface area contributed by atoms with E-state index in [0.29, 0.717) is 0 Å². The number of nitrogens with zero attached hydrogens (tertiary/aromatic N) is 3. The van der Waals surface area contributed by atoms with Crippen molar-refractivity contribution >= 4 is 11.2 Å². The largest absolute Gasteiger partial charge is 0.257 e. The molecule has 62 valence electrons. The summed E-state index contributed by atoms with van der Waals surface area (Å²) < 4.78 is 1.72. The summed E-state index contributed by atoms with van der Waals surface area (Å²) in [6.45, 7) is 0. The summed E-state index contributed by atoms with van der Waals surface area (Å²) in [7, 11) is 1.79. The number of nitrogens with one attached hydrogen (secondary N) is 2. The summed E-state index contributed by atoms with van der Waals surface area (Å²) in [6.07, 6.45) is 3.41. The number of pyridine rings is 1. The van der Waals surface area contributed by atoms with Crippen LogP contribution < -0.4 is 11.0 Å². The fraction of sp³-hybridized carbons (Fsp3) is 0.143. The van der Waals surface area contributed by atoms with Crippen LogP contribution in [0.4, 0.5) is 0 Å². The van der Waals surface area contributed by atoms with E-state index in [-0.39, 0.29) is 0 Å². The van der Waals surface area contributed by atoms with Gasteiger partial charge in [-0.25, -0.2) is 20.1 Å². The van der Waals surface area contributed by atoms with E-state index in [4.69, 9.17) is 0 Å². The Hall–Kier alpha value is -1.62. The molecule has 0 atom stereocenters. The number of fused-ring (bicyclic) bond motifs is 1. The van der Waals surface area contributed by atoms with Crippen molar-refractivity contribution in [2.75, 3.05) is 12.6 Å². The maximum Gasteiger partial charge on any atom is 0.179 e. The number of aromatic nitrogens is 3. The predicted molar refractivity (Wildman–Crippen MR) is 45.9 cm³/mol. The topological polar surface area (TPSA) is 54.8 Å². The molecule has 0 fully saturated rings. The smallest absolute Gasteiger partial charge is 0.179 e. The van der Waals surface area contributed by atoms with Crippen LogP contribution in [0.25, 0.3) is 11.2 Å². The van der Waals surface area contributed by atoms with Gasteiger partial charge in [-0.3, -0.25) is 5.53 Å². The van der Waals surface area contributed by atoms with Crippen molar-refractivity contribution in [3.8, 4) is 0 Å². The molecule has 2 rings (SSSR count). The summed E-state index contributed by atoms with van der Waals surface area (Å²) in [5.41, 5.74) is 7.35. The molecule has 0 unspecified atom stereocenters. The van der Waals surface area contributed by atoms with Crippen LogP contribution >= 0.6 is 0 Å². The number of imidazole rings is 1. The Morgan fingerprint density at radius 3 is 3.17 bits per heavy atom. The number of hydrogen-bond acceptors (Lipinski definition) is 4. The number of hydrogen-bond donors (Lipinski definition) is 2. The zero-order valence-electron chi connectivity index (χ0n) is 6.65. The van der Waals surface area contributed by atoms with E-state index in [1.165, 1.54) is 0 Å². The molecule has 2 aromatic rings. The molecular weight excluding hydrogens is 154 g/mol. The van der Waals surface area contributed by atoms with E-state index in [1.807, 2.05) is 12.1 Å². The Balaban J connectivity index is 2.55. The van der Waals surface area contributed by atoms with E-state index >= 15 is 0 Å². The van der Waals surface area contributed by atoms with Crippen molar-refractivity contribution in [1.29, 1.82) is 0 Å². The molecule has 0 saturated carbocycles. The minimum atomic E-state index is 0.812. The lowest BCUT2D eigenvalue weighted by molar-refractivity contribution is 0.770. The van der Waals surface area contributed by atoms with Crippen molar-refractivity contribution < 1.29 is 0 Å². The molecule has 5 nitrogen and oxygen atoms in total. The first-order valence-corrected chi connectivity index (χ1v) is 3.62. The first-order chi connectivity index (χ1) is 5.92. The Bertz CT molecular complexity index is 380. The van der Waals surface area contributed by atoms with Crippen LogP contribution in [0, 0.1) is 0 Å². The molecular formula is C7H9N5. The average molecular weight is 163 g/mol. The first kappa shape index (κ1) is 7.05. The van der Waals surface area contributed by atoms with Gasteiger partial charge in [0.2, 0.25) is 0 Å². The Kier molecular flexibility index (Phi) is 1.64. The fourth-order valence-corrected chi connectivity index (χ4v) is 1.05. The lowest BCUT2D eigenvalue weighted by Gasteiger charge is -2.03. The zero-order chi connectivity index (χ0) is 8.39. The Labute approximate surface area is 69.4 Å². The molecule has 0 amide bonds. The molecule has 12 heavy (non-hydrogen) atoms. The van der Waals surface area contributed by atoms with Crippen molar-refractivity contribution in [3.63, 3.8) is 0 Å². The van der Waals surface area contributed by atoms with Gasteiger partial charge in [-0.15, -0.1) is 0 Å². The molecule has 2 aromatic heterocycles. The average Bonchev–Trinajstić information content (AvgIpc) is 2.50. The normalized spacial score (nSPS) is 10.4. The SMILES string of the molecule is CNNn1cnc2cccnc21. The van der Waals surface area contributed by atoms with Gasteiger partial charge in [0.05, 0.1) is 0 Å². The molecule has 0 radical (unpaired) electrons. The van der Waals surface area contributed by atoms with Crippen molar-refractivity contribution in [2.45, 2.75) is 0 Å². The third kappa shape index (κ3) is 0.998. The maximum atomic E-state index is 4.16. The van der Waals surface area contributed by atoms with Crippen LogP contribution in [-0.2, 0) is 0 Å². The first-order valence-electron chi connectivity index (χ1n) is 3.62. The third-order valence-corrected chi connectivity index (χ3v) is 1.54. The summed E-state index contributed by atoms with van der Waals surface area (Å²) in [5, 5.41) is 0. The second kappa shape index (κ2) is 2.78. The van der Waals surface area contributed by atoms with Crippen LogP contribution in [0.3, 0.4) is 0 Å². The van der Waals surface area contributed by atoms with Crippen LogP contribution in [-0.4, -0.2) is 21.7 Å². The van der Waals surface area contributed by atoms with Crippen LogP contribution in [0.1, 0.15) is 0 Å². The number of rotatable bonds is 2. The fourth-order valence-electron chi connectivity index (χ4n) is 1.05. The van der Waals surface area contributed by atoms with E-state index < -0.39 is 0 Å². The van der Waals surface area contributed by atoms with Gasteiger partial charge in [0, 0.05) is 13.2 Å². The molecule has 0 aliphatic carbocycles. The Morgan fingerprint density at radius 1 is 1.42 bits per heavy atom. The predicted octanol–water partition coefficient (Wildman–Crippen LogP) is 0.109. The summed E-state index contributed by atoms with van der Waals surface area (Å²) in [4.78, 5) is 8.29. The van der Waals surface area contributed by atoms with E-state index in [1.54, 1.807) is 24.2 Å². The van der Waals surface area contributed by atoms with E-state index in [0.717, 1.165) is 11.2 Å². The summed E-state index contributed by atoms with van der Waals surface area (Å²) >= 11 is 0. The molecule has 0 aromatic carbocycles. The lowest BCUT2D eigenvalue weighted by Crippen LogP contribution is -2.25. The highest BCUT2D eigenvalue weighted by atomic mass is 15.6.